The van der Waals surface area contributed by atoms with Crippen LogP contribution in [-0.4, -0.2) is 39.9 Å². The lowest BCUT2D eigenvalue weighted by Gasteiger charge is -2.16. The summed E-state index contributed by atoms with van der Waals surface area (Å²) in [5.41, 5.74) is 2.43. The molecule has 0 fully saturated rings. The zero-order valence-corrected chi connectivity index (χ0v) is 14.1. The molecule has 0 spiro atoms. The first-order valence-corrected chi connectivity index (χ1v) is 7.81. The maximum absolute atomic E-state index is 12.4. The summed E-state index contributed by atoms with van der Waals surface area (Å²) in [6.07, 6.45) is 3.11. The second-order valence-corrected chi connectivity index (χ2v) is 6.15. The van der Waals surface area contributed by atoms with Crippen LogP contribution >= 0.6 is 0 Å². The van der Waals surface area contributed by atoms with Gasteiger partial charge in [0, 0.05) is 18.2 Å². The number of ether oxygens (including phenoxy) is 1. The highest BCUT2D eigenvalue weighted by Gasteiger charge is 2.13. The zero-order valence-electron chi connectivity index (χ0n) is 14.1. The molecule has 1 heterocycles. The average molecular weight is 316 g/mol. The summed E-state index contributed by atoms with van der Waals surface area (Å²) in [5, 5.41) is 7.05. The van der Waals surface area contributed by atoms with E-state index in [-0.39, 0.29) is 11.9 Å². The molecular formula is C17H24N4O2. The summed E-state index contributed by atoms with van der Waals surface area (Å²) in [7, 11) is 0. The van der Waals surface area contributed by atoms with Gasteiger partial charge in [-0.25, -0.2) is 9.67 Å². The van der Waals surface area contributed by atoms with Crippen LogP contribution in [0, 0.1) is 12.8 Å². The molecule has 0 aliphatic carbocycles. The van der Waals surface area contributed by atoms with E-state index in [1.54, 1.807) is 11.0 Å². The first-order valence-electron chi connectivity index (χ1n) is 7.81. The number of aromatic nitrogens is 3. The van der Waals surface area contributed by atoms with Crippen molar-refractivity contribution in [3.8, 4) is 5.69 Å². The molecule has 0 bridgehead atoms. The van der Waals surface area contributed by atoms with E-state index in [1.807, 2.05) is 32.0 Å². The summed E-state index contributed by atoms with van der Waals surface area (Å²) in [6, 6.07) is 5.55. The molecule has 0 aliphatic rings. The Morgan fingerprint density at radius 1 is 1.30 bits per heavy atom. The van der Waals surface area contributed by atoms with Gasteiger partial charge in [0.25, 0.3) is 5.91 Å². The fourth-order valence-corrected chi connectivity index (χ4v) is 2.21. The summed E-state index contributed by atoms with van der Waals surface area (Å²) in [4.78, 5) is 16.3. The van der Waals surface area contributed by atoms with Gasteiger partial charge < -0.3 is 10.1 Å². The van der Waals surface area contributed by atoms with Crippen LogP contribution in [0.15, 0.2) is 30.9 Å². The van der Waals surface area contributed by atoms with Gasteiger partial charge in [-0.15, -0.1) is 0 Å². The SMILES string of the molecule is Cc1cc(-n2cncn2)ccc1C(=O)N[C@H](C)COCC(C)C. The lowest BCUT2D eigenvalue weighted by molar-refractivity contribution is 0.0791. The fourth-order valence-electron chi connectivity index (χ4n) is 2.21. The minimum atomic E-state index is -0.0895. The number of nitrogens with zero attached hydrogens (tertiary/aromatic N) is 3. The van der Waals surface area contributed by atoms with Crippen LogP contribution in [0.3, 0.4) is 0 Å². The lowest BCUT2D eigenvalue weighted by Crippen LogP contribution is -2.36. The van der Waals surface area contributed by atoms with E-state index >= 15 is 0 Å². The van der Waals surface area contributed by atoms with Crippen LogP contribution in [0.4, 0.5) is 0 Å². The Hall–Kier alpha value is -2.21. The second-order valence-electron chi connectivity index (χ2n) is 6.15. The van der Waals surface area contributed by atoms with E-state index in [0.29, 0.717) is 24.7 Å². The van der Waals surface area contributed by atoms with Crippen molar-refractivity contribution < 1.29 is 9.53 Å². The van der Waals surface area contributed by atoms with Crippen molar-refractivity contribution >= 4 is 5.91 Å². The largest absolute Gasteiger partial charge is 0.379 e. The van der Waals surface area contributed by atoms with Crippen molar-refractivity contribution in [3.63, 3.8) is 0 Å². The minimum Gasteiger partial charge on any atom is -0.379 e. The van der Waals surface area contributed by atoms with E-state index in [9.17, 15) is 4.79 Å². The zero-order chi connectivity index (χ0) is 16.8. The number of hydrogen-bond acceptors (Lipinski definition) is 4. The number of nitrogens with one attached hydrogen (secondary N) is 1. The molecule has 0 saturated heterocycles. The molecule has 0 unspecified atom stereocenters. The number of aryl methyl sites for hydroxylation is 1. The van der Waals surface area contributed by atoms with Crippen LogP contribution in [0.2, 0.25) is 0 Å². The fraction of sp³-hybridized carbons (Fsp3) is 0.471. The summed E-state index contributed by atoms with van der Waals surface area (Å²) >= 11 is 0. The van der Waals surface area contributed by atoms with Gasteiger partial charge in [0.1, 0.15) is 12.7 Å². The van der Waals surface area contributed by atoms with Gasteiger partial charge in [0.05, 0.1) is 12.3 Å². The van der Waals surface area contributed by atoms with Crippen molar-refractivity contribution in [3.05, 3.63) is 42.0 Å². The van der Waals surface area contributed by atoms with Crippen molar-refractivity contribution in [2.45, 2.75) is 33.7 Å². The molecular weight excluding hydrogens is 292 g/mol. The van der Waals surface area contributed by atoms with Gasteiger partial charge in [0.15, 0.2) is 0 Å². The molecule has 0 radical (unpaired) electrons. The second kappa shape index (κ2) is 7.87. The maximum Gasteiger partial charge on any atom is 0.251 e. The summed E-state index contributed by atoms with van der Waals surface area (Å²) in [6.45, 7) is 9.27. The minimum absolute atomic E-state index is 0.0318. The number of hydrogen-bond donors (Lipinski definition) is 1. The smallest absolute Gasteiger partial charge is 0.251 e. The summed E-state index contributed by atoms with van der Waals surface area (Å²) < 4.78 is 7.22. The molecule has 2 rings (SSSR count). The van der Waals surface area contributed by atoms with Gasteiger partial charge in [-0.1, -0.05) is 13.8 Å². The van der Waals surface area contributed by atoms with E-state index in [2.05, 4.69) is 29.2 Å². The Bertz CT molecular complexity index is 638. The van der Waals surface area contributed by atoms with E-state index in [1.165, 1.54) is 6.33 Å². The standard InChI is InChI=1S/C17H24N4O2/c1-12(2)8-23-9-14(4)20-17(22)16-6-5-15(7-13(16)3)21-11-18-10-19-21/h5-7,10-12,14H,8-9H2,1-4H3,(H,20,22)/t14-/m1/s1. The summed E-state index contributed by atoms with van der Waals surface area (Å²) in [5.74, 6) is 0.401. The van der Waals surface area contributed by atoms with Gasteiger partial charge >= 0.3 is 0 Å². The quantitative estimate of drug-likeness (QED) is 0.851. The van der Waals surface area contributed by atoms with Crippen molar-refractivity contribution in [1.29, 1.82) is 0 Å². The molecule has 23 heavy (non-hydrogen) atoms. The Morgan fingerprint density at radius 2 is 2.09 bits per heavy atom. The third-order valence-electron chi connectivity index (χ3n) is 3.33. The number of carbonyl (C=O) groups is 1. The number of carbonyl (C=O) groups excluding carboxylic acids is 1. The Kier molecular flexibility index (Phi) is 5.87. The molecule has 1 aromatic heterocycles. The highest BCUT2D eigenvalue weighted by molar-refractivity contribution is 5.96. The molecule has 6 heteroatoms. The highest BCUT2D eigenvalue weighted by Crippen LogP contribution is 2.14. The van der Waals surface area contributed by atoms with Gasteiger partial charge in [0.2, 0.25) is 0 Å². The molecule has 1 N–H and O–H groups in total. The van der Waals surface area contributed by atoms with Crippen LogP contribution in [0.25, 0.3) is 5.69 Å². The molecule has 6 nitrogen and oxygen atoms in total. The average Bonchev–Trinajstić information content (AvgIpc) is 3.00. The van der Waals surface area contributed by atoms with Crippen LogP contribution in [0.1, 0.15) is 36.7 Å². The van der Waals surface area contributed by atoms with Gasteiger partial charge in [-0.3, -0.25) is 4.79 Å². The molecule has 0 aliphatic heterocycles. The first kappa shape index (κ1) is 17.1. The number of amides is 1. The third-order valence-corrected chi connectivity index (χ3v) is 3.33. The molecule has 1 aromatic carbocycles. The molecule has 2 aromatic rings. The van der Waals surface area contributed by atoms with E-state index in [0.717, 1.165) is 11.3 Å². The topological polar surface area (TPSA) is 69.0 Å². The van der Waals surface area contributed by atoms with Crippen LogP contribution < -0.4 is 5.32 Å². The monoisotopic (exact) mass is 316 g/mol. The third kappa shape index (κ3) is 4.89. The molecule has 1 amide bonds. The predicted molar refractivity (Wildman–Crippen MR) is 88.7 cm³/mol. The Labute approximate surface area is 136 Å². The molecule has 0 saturated carbocycles. The highest BCUT2D eigenvalue weighted by atomic mass is 16.5. The van der Waals surface area contributed by atoms with E-state index < -0.39 is 0 Å². The van der Waals surface area contributed by atoms with Gasteiger partial charge in [-0.2, -0.15) is 5.10 Å². The predicted octanol–water partition coefficient (Wildman–Crippen LogP) is 2.37. The Morgan fingerprint density at radius 3 is 2.70 bits per heavy atom. The molecule has 124 valence electrons. The van der Waals surface area contributed by atoms with Crippen molar-refractivity contribution in [1.82, 2.24) is 20.1 Å². The van der Waals surface area contributed by atoms with Crippen molar-refractivity contribution in [2.75, 3.05) is 13.2 Å². The maximum atomic E-state index is 12.4. The first-order chi connectivity index (χ1) is 11.0. The van der Waals surface area contributed by atoms with Gasteiger partial charge in [-0.05, 0) is 43.5 Å². The van der Waals surface area contributed by atoms with Crippen molar-refractivity contribution in [2.24, 2.45) is 5.92 Å². The Balaban J connectivity index is 1.97. The normalized spacial score (nSPS) is 12.4. The van der Waals surface area contributed by atoms with Crippen LogP contribution in [0.5, 0.6) is 0 Å². The molecule has 1 atom stereocenters. The number of rotatable bonds is 7. The lowest BCUT2D eigenvalue weighted by atomic mass is 10.1. The van der Waals surface area contributed by atoms with Crippen LogP contribution in [-0.2, 0) is 4.74 Å². The van der Waals surface area contributed by atoms with E-state index in [4.69, 9.17) is 4.74 Å². The number of benzene rings is 1.